The summed E-state index contributed by atoms with van der Waals surface area (Å²) in [5.74, 6) is 1.88. The zero-order valence-electron chi connectivity index (χ0n) is 15.9. The summed E-state index contributed by atoms with van der Waals surface area (Å²) in [6, 6.07) is 18.0. The number of benzene rings is 2. The Bertz CT molecular complexity index is 955. The number of nitrogens with one attached hydrogen (secondary N) is 1. The number of pyridine rings is 1. The third kappa shape index (κ3) is 4.79. The summed E-state index contributed by atoms with van der Waals surface area (Å²) in [4.78, 5) is 16.5. The zero-order valence-corrected chi connectivity index (χ0v) is 15.9. The molecular formula is C22H23N3O3. The SMILES string of the molecule is CCCOc1ccccc1Oc1ccc(NC(=O)c2ccc(C)nc2N)cc1. The first kappa shape index (κ1) is 19.2. The molecule has 0 spiro atoms. The van der Waals surface area contributed by atoms with Gasteiger partial charge in [0.1, 0.15) is 11.6 Å². The first-order valence-corrected chi connectivity index (χ1v) is 9.11. The van der Waals surface area contributed by atoms with Gasteiger partial charge in [-0.2, -0.15) is 0 Å². The van der Waals surface area contributed by atoms with Crippen LogP contribution >= 0.6 is 0 Å². The number of aromatic nitrogens is 1. The van der Waals surface area contributed by atoms with E-state index in [1.54, 1.807) is 36.4 Å². The molecule has 6 nitrogen and oxygen atoms in total. The topological polar surface area (TPSA) is 86.5 Å². The maximum Gasteiger partial charge on any atom is 0.259 e. The highest BCUT2D eigenvalue weighted by Gasteiger charge is 2.11. The number of amides is 1. The summed E-state index contributed by atoms with van der Waals surface area (Å²) >= 11 is 0. The van der Waals surface area contributed by atoms with Gasteiger partial charge in [0.15, 0.2) is 11.5 Å². The lowest BCUT2D eigenvalue weighted by atomic mass is 10.2. The highest BCUT2D eigenvalue weighted by atomic mass is 16.5. The minimum Gasteiger partial charge on any atom is -0.490 e. The van der Waals surface area contributed by atoms with Crippen LogP contribution in [0, 0.1) is 6.92 Å². The van der Waals surface area contributed by atoms with Crippen LogP contribution in [-0.2, 0) is 0 Å². The van der Waals surface area contributed by atoms with E-state index in [4.69, 9.17) is 15.2 Å². The summed E-state index contributed by atoms with van der Waals surface area (Å²) in [6.07, 6.45) is 0.920. The molecule has 0 aliphatic heterocycles. The van der Waals surface area contributed by atoms with Gasteiger partial charge in [-0.1, -0.05) is 19.1 Å². The molecule has 3 aromatic rings. The van der Waals surface area contributed by atoms with Crippen molar-refractivity contribution >= 4 is 17.4 Å². The van der Waals surface area contributed by atoms with Gasteiger partial charge in [-0.15, -0.1) is 0 Å². The van der Waals surface area contributed by atoms with Crippen molar-refractivity contribution in [1.29, 1.82) is 0 Å². The van der Waals surface area contributed by atoms with Crippen molar-refractivity contribution < 1.29 is 14.3 Å². The standard InChI is InChI=1S/C22H23N3O3/c1-3-14-27-19-6-4-5-7-20(19)28-17-11-9-16(10-12-17)25-22(26)18-13-8-15(2)24-21(18)23/h4-13H,3,14H2,1-2H3,(H2,23,24)(H,25,26). The molecule has 144 valence electrons. The molecule has 0 unspecified atom stereocenters. The summed E-state index contributed by atoms with van der Waals surface area (Å²) in [6.45, 7) is 4.50. The Kier molecular flexibility index (Phi) is 6.11. The largest absolute Gasteiger partial charge is 0.490 e. The van der Waals surface area contributed by atoms with Crippen molar-refractivity contribution in [2.24, 2.45) is 0 Å². The molecule has 1 aromatic heterocycles. The molecule has 3 rings (SSSR count). The number of rotatable bonds is 7. The maximum absolute atomic E-state index is 12.4. The molecule has 0 atom stereocenters. The number of nitrogens with zero attached hydrogens (tertiary/aromatic N) is 1. The monoisotopic (exact) mass is 377 g/mol. The Labute approximate surface area is 164 Å². The number of hydrogen-bond donors (Lipinski definition) is 2. The molecule has 0 bridgehead atoms. The van der Waals surface area contributed by atoms with Crippen LogP contribution in [0.1, 0.15) is 29.4 Å². The fraction of sp³-hybridized carbons (Fsp3) is 0.182. The van der Waals surface area contributed by atoms with E-state index >= 15 is 0 Å². The van der Waals surface area contributed by atoms with E-state index in [-0.39, 0.29) is 11.7 Å². The molecule has 0 fully saturated rings. The maximum atomic E-state index is 12.4. The summed E-state index contributed by atoms with van der Waals surface area (Å²) in [7, 11) is 0. The number of ether oxygens (including phenoxy) is 2. The van der Waals surface area contributed by atoms with Crippen LogP contribution in [0.3, 0.4) is 0 Å². The molecule has 1 heterocycles. The van der Waals surface area contributed by atoms with Gasteiger partial charge in [-0.3, -0.25) is 4.79 Å². The number of para-hydroxylation sites is 2. The van der Waals surface area contributed by atoms with Crippen LogP contribution in [-0.4, -0.2) is 17.5 Å². The fourth-order valence-corrected chi connectivity index (χ4v) is 2.57. The minimum atomic E-state index is -0.308. The molecule has 0 aliphatic rings. The van der Waals surface area contributed by atoms with Crippen molar-refractivity contribution in [1.82, 2.24) is 4.98 Å². The molecule has 2 aromatic carbocycles. The van der Waals surface area contributed by atoms with E-state index < -0.39 is 0 Å². The second-order valence-corrected chi connectivity index (χ2v) is 6.26. The van der Waals surface area contributed by atoms with Gasteiger partial charge < -0.3 is 20.5 Å². The first-order chi connectivity index (χ1) is 13.6. The quantitative estimate of drug-likeness (QED) is 0.617. The lowest BCUT2D eigenvalue weighted by molar-refractivity contribution is 0.102. The Balaban J connectivity index is 1.68. The third-order valence-electron chi connectivity index (χ3n) is 3.96. The summed E-state index contributed by atoms with van der Waals surface area (Å²) < 4.78 is 11.6. The van der Waals surface area contributed by atoms with Crippen molar-refractivity contribution in [3.05, 3.63) is 71.9 Å². The lowest BCUT2D eigenvalue weighted by Gasteiger charge is -2.12. The van der Waals surface area contributed by atoms with E-state index in [0.717, 1.165) is 12.1 Å². The average Bonchev–Trinajstić information content (AvgIpc) is 2.68. The van der Waals surface area contributed by atoms with Crippen LogP contribution < -0.4 is 20.5 Å². The normalized spacial score (nSPS) is 10.4. The summed E-state index contributed by atoms with van der Waals surface area (Å²) in [5, 5.41) is 2.81. The van der Waals surface area contributed by atoms with E-state index in [1.807, 2.05) is 31.2 Å². The molecule has 6 heteroatoms. The van der Waals surface area contributed by atoms with Gasteiger partial charge in [-0.05, 0) is 61.9 Å². The van der Waals surface area contributed by atoms with Gasteiger partial charge in [0.25, 0.3) is 5.91 Å². The predicted molar refractivity (Wildman–Crippen MR) is 110 cm³/mol. The fourth-order valence-electron chi connectivity index (χ4n) is 2.57. The van der Waals surface area contributed by atoms with Crippen molar-refractivity contribution in [3.8, 4) is 17.2 Å². The predicted octanol–water partition coefficient (Wildman–Crippen LogP) is 4.81. The van der Waals surface area contributed by atoms with Gasteiger partial charge in [-0.25, -0.2) is 4.98 Å². The molecule has 0 saturated carbocycles. The number of nitrogens with two attached hydrogens (primary N) is 1. The Morgan fingerprint density at radius 1 is 1.04 bits per heavy atom. The van der Waals surface area contributed by atoms with Crippen LogP contribution in [0.15, 0.2) is 60.7 Å². The number of nitrogen functional groups attached to an aromatic ring is 1. The molecular weight excluding hydrogens is 354 g/mol. The van der Waals surface area contributed by atoms with Crippen molar-refractivity contribution in [2.45, 2.75) is 20.3 Å². The minimum absolute atomic E-state index is 0.209. The van der Waals surface area contributed by atoms with E-state index in [1.165, 1.54) is 0 Å². The first-order valence-electron chi connectivity index (χ1n) is 9.11. The Morgan fingerprint density at radius 2 is 1.75 bits per heavy atom. The van der Waals surface area contributed by atoms with Crippen molar-refractivity contribution in [2.75, 3.05) is 17.7 Å². The highest BCUT2D eigenvalue weighted by Crippen LogP contribution is 2.31. The second-order valence-electron chi connectivity index (χ2n) is 6.26. The van der Waals surface area contributed by atoms with Gasteiger partial charge in [0.05, 0.1) is 12.2 Å². The van der Waals surface area contributed by atoms with Crippen LogP contribution in [0.2, 0.25) is 0 Å². The summed E-state index contributed by atoms with van der Waals surface area (Å²) in [5.41, 5.74) is 7.57. The van der Waals surface area contributed by atoms with E-state index in [2.05, 4.69) is 17.2 Å². The molecule has 0 saturated heterocycles. The second kappa shape index (κ2) is 8.90. The Hall–Kier alpha value is -3.54. The van der Waals surface area contributed by atoms with Gasteiger partial charge in [0.2, 0.25) is 0 Å². The Morgan fingerprint density at radius 3 is 2.43 bits per heavy atom. The van der Waals surface area contributed by atoms with Crippen LogP contribution in [0.5, 0.6) is 17.2 Å². The van der Waals surface area contributed by atoms with Crippen LogP contribution in [0.25, 0.3) is 0 Å². The van der Waals surface area contributed by atoms with Gasteiger partial charge in [0, 0.05) is 11.4 Å². The van der Waals surface area contributed by atoms with Gasteiger partial charge >= 0.3 is 0 Å². The number of anilines is 2. The van der Waals surface area contributed by atoms with Crippen LogP contribution in [0.4, 0.5) is 11.5 Å². The number of hydrogen-bond acceptors (Lipinski definition) is 5. The van der Waals surface area contributed by atoms with E-state index in [0.29, 0.717) is 35.1 Å². The molecule has 28 heavy (non-hydrogen) atoms. The number of carbonyl (C=O) groups is 1. The number of aryl methyl sites for hydroxylation is 1. The smallest absolute Gasteiger partial charge is 0.259 e. The number of carbonyl (C=O) groups excluding carboxylic acids is 1. The van der Waals surface area contributed by atoms with Crippen molar-refractivity contribution in [3.63, 3.8) is 0 Å². The third-order valence-corrected chi connectivity index (χ3v) is 3.96. The lowest BCUT2D eigenvalue weighted by Crippen LogP contribution is -2.15. The molecule has 0 aliphatic carbocycles. The zero-order chi connectivity index (χ0) is 19.9. The molecule has 3 N–H and O–H groups in total. The molecule has 1 amide bonds. The average molecular weight is 377 g/mol. The molecule has 0 radical (unpaired) electrons. The van der Waals surface area contributed by atoms with E-state index in [9.17, 15) is 4.79 Å². The highest BCUT2D eigenvalue weighted by molar-refractivity contribution is 6.07.